The monoisotopic (exact) mass is 264 g/mol. The minimum absolute atomic E-state index is 0.242. The van der Waals surface area contributed by atoms with Gasteiger partial charge in [-0.15, -0.1) is 6.58 Å². The van der Waals surface area contributed by atoms with Crippen LogP contribution >= 0.6 is 0 Å². The molecule has 5 unspecified atom stereocenters. The van der Waals surface area contributed by atoms with E-state index in [2.05, 4.69) is 17.2 Å². The molecule has 0 aromatic rings. The summed E-state index contributed by atoms with van der Waals surface area (Å²) in [6, 6.07) is -0.953. The smallest absolute Gasteiger partial charge is 0.326 e. The summed E-state index contributed by atoms with van der Waals surface area (Å²) in [7, 11) is 0. The maximum Gasteiger partial charge on any atom is 0.326 e. The van der Waals surface area contributed by atoms with Crippen molar-refractivity contribution in [2.45, 2.75) is 37.8 Å². The van der Waals surface area contributed by atoms with Crippen LogP contribution < -0.4 is 10.6 Å². The second kappa shape index (κ2) is 4.54. The molecule has 0 spiro atoms. The molecular weight excluding hydrogens is 244 g/mol. The molecule has 0 saturated heterocycles. The van der Waals surface area contributed by atoms with Crippen LogP contribution in [0.2, 0.25) is 0 Å². The predicted molar refractivity (Wildman–Crippen MR) is 69.5 cm³/mol. The van der Waals surface area contributed by atoms with E-state index in [0.717, 1.165) is 11.8 Å². The summed E-state index contributed by atoms with van der Waals surface area (Å²) < 4.78 is 0. The Morgan fingerprint density at radius 2 is 1.95 bits per heavy atom. The van der Waals surface area contributed by atoms with Gasteiger partial charge in [-0.25, -0.2) is 9.59 Å². The fourth-order valence-corrected chi connectivity index (χ4v) is 4.26. The van der Waals surface area contributed by atoms with Crippen LogP contribution in [0.5, 0.6) is 0 Å². The normalized spacial score (nSPS) is 39.3. The van der Waals surface area contributed by atoms with Crippen LogP contribution in [0.3, 0.4) is 0 Å². The Morgan fingerprint density at radius 1 is 1.32 bits per heavy atom. The first-order valence-corrected chi connectivity index (χ1v) is 7.02. The molecule has 3 fully saturated rings. The molecule has 3 N–H and O–H groups in total. The lowest BCUT2D eigenvalue weighted by Crippen LogP contribution is -2.47. The highest BCUT2D eigenvalue weighted by molar-refractivity contribution is 5.83. The van der Waals surface area contributed by atoms with Crippen molar-refractivity contribution in [2.75, 3.05) is 0 Å². The molecule has 3 saturated carbocycles. The summed E-state index contributed by atoms with van der Waals surface area (Å²) in [5, 5.41) is 14.4. The molecule has 3 rings (SSSR count). The molecule has 19 heavy (non-hydrogen) atoms. The molecule has 104 valence electrons. The van der Waals surface area contributed by atoms with Gasteiger partial charge in [0.1, 0.15) is 6.04 Å². The molecule has 3 aliphatic carbocycles. The number of carbonyl (C=O) groups is 2. The summed E-state index contributed by atoms with van der Waals surface area (Å²) in [5.41, 5.74) is 0. The standard InChI is InChI=1S/C14H20N2O3/c1-2-3-9(13(17)18)15-14(19)16-12-10-7-4-5-8(6-7)11(10)12/h2,7-12H,1,3-6H2,(H,17,18)(H2,15,16,19). The van der Waals surface area contributed by atoms with E-state index in [-0.39, 0.29) is 18.5 Å². The van der Waals surface area contributed by atoms with Crippen LogP contribution in [0.1, 0.15) is 25.7 Å². The van der Waals surface area contributed by atoms with Gasteiger partial charge in [-0.1, -0.05) is 6.08 Å². The molecule has 0 radical (unpaired) electrons. The molecule has 5 heteroatoms. The van der Waals surface area contributed by atoms with Crippen molar-refractivity contribution in [3.8, 4) is 0 Å². The number of hydrogen-bond donors (Lipinski definition) is 3. The van der Waals surface area contributed by atoms with Gasteiger partial charge in [0.05, 0.1) is 0 Å². The zero-order chi connectivity index (χ0) is 13.6. The minimum atomic E-state index is -1.02. The van der Waals surface area contributed by atoms with Gasteiger partial charge in [0, 0.05) is 6.04 Å². The molecule has 2 bridgehead atoms. The van der Waals surface area contributed by atoms with Crippen molar-refractivity contribution in [3.63, 3.8) is 0 Å². The highest BCUT2D eigenvalue weighted by Gasteiger charge is 2.65. The molecule has 0 aromatic carbocycles. The molecular formula is C14H20N2O3. The molecule has 0 aromatic heterocycles. The first-order valence-electron chi connectivity index (χ1n) is 7.02. The number of carbonyl (C=O) groups excluding carboxylic acids is 1. The Bertz CT molecular complexity index is 407. The average Bonchev–Trinajstić information content (AvgIpc) is 2.76. The van der Waals surface area contributed by atoms with Crippen molar-refractivity contribution >= 4 is 12.0 Å². The van der Waals surface area contributed by atoms with Crippen LogP contribution in [-0.4, -0.2) is 29.2 Å². The van der Waals surface area contributed by atoms with E-state index in [1.54, 1.807) is 0 Å². The summed E-state index contributed by atoms with van der Waals surface area (Å²) in [6.45, 7) is 3.50. The topological polar surface area (TPSA) is 78.4 Å². The Morgan fingerprint density at radius 3 is 2.47 bits per heavy atom. The Balaban J connectivity index is 1.50. The van der Waals surface area contributed by atoms with Gasteiger partial charge in [0.15, 0.2) is 0 Å². The molecule has 2 amide bonds. The van der Waals surface area contributed by atoms with Gasteiger partial charge >= 0.3 is 12.0 Å². The number of nitrogens with one attached hydrogen (secondary N) is 2. The second-order valence-electron chi connectivity index (χ2n) is 6.05. The first-order chi connectivity index (χ1) is 9.11. The third kappa shape index (κ3) is 2.11. The molecule has 0 aliphatic heterocycles. The van der Waals surface area contributed by atoms with Crippen LogP contribution in [0.4, 0.5) is 4.79 Å². The fraction of sp³-hybridized carbons (Fsp3) is 0.714. The van der Waals surface area contributed by atoms with E-state index in [1.807, 2.05) is 0 Å². The summed E-state index contributed by atoms with van der Waals surface area (Å²) in [4.78, 5) is 22.8. The zero-order valence-electron chi connectivity index (χ0n) is 10.8. The van der Waals surface area contributed by atoms with E-state index in [4.69, 9.17) is 5.11 Å². The summed E-state index contributed by atoms with van der Waals surface area (Å²) in [6.07, 6.45) is 5.69. The molecule has 5 atom stereocenters. The maximum atomic E-state index is 11.8. The van der Waals surface area contributed by atoms with Crippen molar-refractivity contribution < 1.29 is 14.7 Å². The largest absolute Gasteiger partial charge is 0.480 e. The van der Waals surface area contributed by atoms with Crippen LogP contribution in [0.15, 0.2) is 12.7 Å². The number of urea groups is 1. The van der Waals surface area contributed by atoms with Gasteiger partial charge in [-0.2, -0.15) is 0 Å². The van der Waals surface area contributed by atoms with Crippen molar-refractivity contribution in [1.29, 1.82) is 0 Å². The van der Waals surface area contributed by atoms with Crippen molar-refractivity contribution in [1.82, 2.24) is 10.6 Å². The first kappa shape index (κ1) is 12.5. The quantitative estimate of drug-likeness (QED) is 0.656. The van der Waals surface area contributed by atoms with Gasteiger partial charge in [-0.3, -0.25) is 0 Å². The lowest BCUT2D eigenvalue weighted by Gasteiger charge is -2.15. The fourth-order valence-electron chi connectivity index (χ4n) is 4.26. The maximum absolute atomic E-state index is 11.8. The van der Waals surface area contributed by atoms with Crippen LogP contribution in [0.25, 0.3) is 0 Å². The summed E-state index contributed by atoms with van der Waals surface area (Å²) in [5.74, 6) is 1.89. The van der Waals surface area contributed by atoms with Crippen LogP contribution in [-0.2, 0) is 4.79 Å². The van der Waals surface area contributed by atoms with Gasteiger partial charge in [-0.05, 0) is 49.4 Å². The number of amides is 2. The van der Waals surface area contributed by atoms with E-state index in [0.29, 0.717) is 11.8 Å². The lowest BCUT2D eigenvalue weighted by molar-refractivity contribution is -0.139. The highest BCUT2D eigenvalue weighted by Crippen LogP contribution is 2.65. The number of carboxylic acid groups (broad SMARTS) is 1. The number of aliphatic carboxylic acids is 1. The predicted octanol–water partition coefficient (Wildman–Crippen LogP) is 1.36. The Kier molecular flexibility index (Phi) is 2.99. The molecule has 0 heterocycles. The number of rotatable bonds is 5. The SMILES string of the molecule is C=CCC(NC(=O)NC1C2C3CCC(C3)C12)C(=O)O. The van der Waals surface area contributed by atoms with Crippen LogP contribution in [0, 0.1) is 23.7 Å². The van der Waals surface area contributed by atoms with Crippen molar-refractivity contribution in [2.24, 2.45) is 23.7 Å². The number of carboxylic acids is 1. The highest BCUT2D eigenvalue weighted by atomic mass is 16.4. The minimum Gasteiger partial charge on any atom is -0.480 e. The molecule has 3 aliphatic rings. The Hall–Kier alpha value is -1.52. The van der Waals surface area contributed by atoms with Gasteiger partial charge < -0.3 is 15.7 Å². The average molecular weight is 264 g/mol. The lowest BCUT2D eigenvalue weighted by atomic mass is 10.0. The van der Waals surface area contributed by atoms with Gasteiger partial charge in [0.25, 0.3) is 0 Å². The molecule has 5 nitrogen and oxygen atoms in total. The Labute approximate surface area is 112 Å². The number of fused-ring (bicyclic) bond motifs is 5. The third-order valence-electron chi connectivity index (χ3n) is 5.04. The van der Waals surface area contributed by atoms with E-state index in [1.165, 1.54) is 25.3 Å². The van der Waals surface area contributed by atoms with E-state index in [9.17, 15) is 9.59 Å². The van der Waals surface area contributed by atoms with Crippen molar-refractivity contribution in [3.05, 3.63) is 12.7 Å². The van der Waals surface area contributed by atoms with Gasteiger partial charge in [0.2, 0.25) is 0 Å². The second-order valence-corrected chi connectivity index (χ2v) is 6.05. The van der Waals surface area contributed by atoms with E-state index < -0.39 is 12.0 Å². The third-order valence-corrected chi connectivity index (χ3v) is 5.04. The number of hydrogen-bond acceptors (Lipinski definition) is 2. The zero-order valence-corrected chi connectivity index (χ0v) is 10.8. The summed E-state index contributed by atoms with van der Waals surface area (Å²) >= 11 is 0. The van der Waals surface area contributed by atoms with E-state index >= 15 is 0 Å².